The summed E-state index contributed by atoms with van der Waals surface area (Å²) in [5.74, 6) is -0.655. The van der Waals surface area contributed by atoms with Crippen molar-refractivity contribution in [2.24, 2.45) is 5.92 Å². The van der Waals surface area contributed by atoms with Crippen LogP contribution >= 0.6 is 0 Å². The highest BCUT2D eigenvalue weighted by Crippen LogP contribution is 2.22. The van der Waals surface area contributed by atoms with Crippen LogP contribution in [0.25, 0.3) is 0 Å². The Hall–Kier alpha value is -1.44. The lowest BCUT2D eigenvalue weighted by molar-refractivity contribution is -0.153. The number of rotatable bonds is 5. The largest absolute Gasteiger partial charge is 0.462 e. The average Bonchev–Trinajstić information content (AvgIpc) is 2.98. The van der Waals surface area contributed by atoms with Crippen molar-refractivity contribution in [3.63, 3.8) is 0 Å². The summed E-state index contributed by atoms with van der Waals surface area (Å²) in [6.45, 7) is 1.99. The number of hydrogen-bond donors (Lipinski definition) is 0. The first-order valence-corrected chi connectivity index (χ1v) is 8.55. The topological polar surface area (TPSA) is 91.1 Å². The van der Waals surface area contributed by atoms with Crippen LogP contribution in [0.3, 0.4) is 0 Å². The normalized spacial score (nSPS) is 18.1. The number of nitrogens with zero attached hydrogens (tertiary/aromatic N) is 3. The van der Waals surface area contributed by atoms with Crippen LogP contribution in [0.5, 0.6) is 0 Å². The second-order valence-corrected chi connectivity index (χ2v) is 7.18. The lowest BCUT2D eigenvalue weighted by atomic mass is 10.2. The zero-order chi connectivity index (χ0) is 14.8. The summed E-state index contributed by atoms with van der Waals surface area (Å²) in [4.78, 5) is 15.6. The zero-order valence-corrected chi connectivity index (χ0v) is 12.5. The first-order chi connectivity index (χ1) is 9.36. The van der Waals surface area contributed by atoms with Crippen LogP contribution in [-0.4, -0.2) is 41.5 Å². The summed E-state index contributed by atoms with van der Waals surface area (Å²) < 4.78 is 29.3. The summed E-state index contributed by atoms with van der Waals surface area (Å²) in [7, 11) is -3.42. The second kappa shape index (κ2) is 5.90. The van der Waals surface area contributed by atoms with Crippen molar-refractivity contribution in [2.45, 2.75) is 50.4 Å². The summed E-state index contributed by atoms with van der Waals surface area (Å²) >= 11 is 0. The number of esters is 1. The molecule has 0 aromatic carbocycles. The highest BCUT2D eigenvalue weighted by molar-refractivity contribution is 7.90. The Labute approximate surface area is 118 Å². The van der Waals surface area contributed by atoms with Crippen molar-refractivity contribution in [2.75, 3.05) is 6.26 Å². The molecule has 0 aliphatic heterocycles. The second-order valence-electron chi connectivity index (χ2n) is 5.27. The summed E-state index contributed by atoms with van der Waals surface area (Å²) in [6, 6.07) is 0. The van der Waals surface area contributed by atoms with Crippen molar-refractivity contribution in [3.8, 4) is 0 Å². The van der Waals surface area contributed by atoms with Crippen LogP contribution < -0.4 is 0 Å². The van der Waals surface area contributed by atoms with E-state index in [4.69, 9.17) is 4.74 Å². The van der Waals surface area contributed by atoms with Gasteiger partial charge in [-0.3, -0.25) is 9.48 Å². The molecule has 0 unspecified atom stereocenters. The van der Waals surface area contributed by atoms with Gasteiger partial charge < -0.3 is 4.74 Å². The summed E-state index contributed by atoms with van der Waals surface area (Å²) in [5, 5.41) is 3.62. The number of ether oxygens (including phenoxy) is 1. The molecule has 7 nitrogen and oxygen atoms in total. The van der Waals surface area contributed by atoms with E-state index in [1.165, 1.54) is 11.0 Å². The Morgan fingerprint density at radius 2 is 2.15 bits per heavy atom. The summed E-state index contributed by atoms with van der Waals surface area (Å²) in [6.07, 6.45) is 6.47. The van der Waals surface area contributed by atoms with Gasteiger partial charge >= 0.3 is 5.97 Å². The van der Waals surface area contributed by atoms with Crippen molar-refractivity contribution in [3.05, 3.63) is 6.33 Å². The van der Waals surface area contributed by atoms with Crippen molar-refractivity contribution < 1.29 is 17.9 Å². The minimum Gasteiger partial charge on any atom is -0.462 e. The Kier molecular flexibility index (Phi) is 4.42. The van der Waals surface area contributed by atoms with E-state index in [9.17, 15) is 13.2 Å². The number of sulfone groups is 1. The molecule has 1 saturated carbocycles. The van der Waals surface area contributed by atoms with Gasteiger partial charge in [-0.15, -0.1) is 5.10 Å². The van der Waals surface area contributed by atoms with Crippen LogP contribution in [0.4, 0.5) is 0 Å². The van der Waals surface area contributed by atoms with Crippen LogP contribution in [0.15, 0.2) is 11.5 Å². The molecule has 1 aromatic heterocycles. The molecule has 112 valence electrons. The molecule has 1 fully saturated rings. The van der Waals surface area contributed by atoms with Crippen molar-refractivity contribution >= 4 is 15.8 Å². The molecule has 1 heterocycles. The van der Waals surface area contributed by atoms with E-state index in [0.29, 0.717) is 0 Å². The Bertz CT molecular complexity index is 575. The molecule has 2 rings (SSSR count). The zero-order valence-electron chi connectivity index (χ0n) is 11.7. The number of hydrogen-bond acceptors (Lipinski definition) is 6. The van der Waals surface area contributed by atoms with Crippen molar-refractivity contribution in [1.29, 1.82) is 0 Å². The fourth-order valence-corrected chi connectivity index (χ4v) is 2.67. The molecule has 1 aliphatic carbocycles. The molecule has 0 radical (unpaired) electrons. The molecule has 0 spiro atoms. The molecule has 1 aliphatic rings. The van der Waals surface area contributed by atoms with E-state index in [2.05, 4.69) is 10.1 Å². The third-order valence-corrected chi connectivity index (χ3v) is 4.15. The monoisotopic (exact) mass is 301 g/mol. The van der Waals surface area contributed by atoms with Gasteiger partial charge in [-0.1, -0.05) is 6.92 Å². The van der Waals surface area contributed by atoms with Crippen LogP contribution in [0, 0.1) is 5.92 Å². The van der Waals surface area contributed by atoms with Gasteiger partial charge in [0.25, 0.3) is 5.16 Å². The predicted octanol–water partition coefficient (Wildman–Crippen LogP) is 0.803. The van der Waals surface area contributed by atoms with E-state index < -0.39 is 9.84 Å². The molecule has 0 bridgehead atoms. The van der Waals surface area contributed by atoms with Gasteiger partial charge in [0.1, 0.15) is 12.4 Å². The lowest BCUT2D eigenvalue weighted by Gasteiger charge is -2.15. The Balaban J connectivity index is 1.91. The van der Waals surface area contributed by atoms with E-state index in [0.717, 1.165) is 31.9 Å². The lowest BCUT2D eigenvalue weighted by Crippen LogP contribution is -2.24. The molecule has 1 aromatic rings. The minimum atomic E-state index is -3.42. The van der Waals surface area contributed by atoms with Gasteiger partial charge in [-0.25, -0.2) is 13.4 Å². The first kappa shape index (κ1) is 15.0. The third-order valence-electron chi connectivity index (χ3n) is 3.30. The molecular weight excluding hydrogens is 282 g/mol. The molecule has 20 heavy (non-hydrogen) atoms. The summed E-state index contributed by atoms with van der Waals surface area (Å²) in [5.41, 5.74) is 0. The van der Waals surface area contributed by atoms with E-state index >= 15 is 0 Å². The fourth-order valence-electron chi connectivity index (χ4n) is 2.18. The van der Waals surface area contributed by atoms with Crippen LogP contribution in [-0.2, 0) is 25.9 Å². The van der Waals surface area contributed by atoms with Crippen molar-refractivity contribution in [1.82, 2.24) is 14.8 Å². The van der Waals surface area contributed by atoms with Gasteiger partial charge in [0, 0.05) is 6.26 Å². The highest BCUT2D eigenvalue weighted by Gasteiger charge is 2.23. The fraction of sp³-hybridized carbons (Fsp3) is 0.750. The molecule has 0 saturated heterocycles. The highest BCUT2D eigenvalue weighted by atomic mass is 32.2. The minimum absolute atomic E-state index is 0.0345. The molecule has 0 amide bonds. The number of aromatic nitrogens is 3. The van der Waals surface area contributed by atoms with E-state index in [1.54, 1.807) is 6.92 Å². The van der Waals surface area contributed by atoms with Gasteiger partial charge in [-0.05, 0) is 25.7 Å². The van der Waals surface area contributed by atoms with Gasteiger partial charge in [0.2, 0.25) is 9.84 Å². The first-order valence-electron chi connectivity index (χ1n) is 6.66. The molecule has 1 atom stereocenters. The molecular formula is C12H19N3O4S. The number of carbonyl (C=O) groups is 1. The van der Waals surface area contributed by atoms with Gasteiger partial charge in [-0.2, -0.15) is 0 Å². The maximum atomic E-state index is 11.9. The maximum absolute atomic E-state index is 11.9. The van der Waals surface area contributed by atoms with Gasteiger partial charge in [0.15, 0.2) is 0 Å². The van der Waals surface area contributed by atoms with E-state index in [-0.39, 0.29) is 29.7 Å². The van der Waals surface area contributed by atoms with E-state index in [1.807, 2.05) is 0 Å². The standard InChI is InChI=1S/C12H19N3O4S/c1-9(11(16)19-10-5-3-4-6-10)7-15-8-13-12(14-15)20(2,17)18/h8-10H,3-7H2,1-2H3/t9-/m0/s1. The van der Waals surface area contributed by atoms with Crippen LogP contribution in [0.2, 0.25) is 0 Å². The maximum Gasteiger partial charge on any atom is 0.310 e. The average molecular weight is 301 g/mol. The number of carbonyl (C=O) groups excluding carboxylic acids is 1. The Morgan fingerprint density at radius 3 is 2.70 bits per heavy atom. The smallest absolute Gasteiger partial charge is 0.310 e. The molecule has 8 heteroatoms. The Morgan fingerprint density at radius 1 is 1.50 bits per heavy atom. The van der Waals surface area contributed by atoms with Gasteiger partial charge in [0.05, 0.1) is 12.5 Å². The predicted molar refractivity (Wildman–Crippen MR) is 70.6 cm³/mol. The van der Waals surface area contributed by atoms with Crippen LogP contribution in [0.1, 0.15) is 32.6 Å². The molecule has 0 N–H and O–H groups in total. The quantitative estimate of drug-likeness (QED) is 0.747. The SMILES string of the molecule is C[C@@H](Cn1cnc(S(C)(=O)=O)n1)C(=O)OC1CCCC1. The third kappa shape index (κ3) is 3.78.